The lowest BCUT2D eigenvalue weighted by atomic mass is 10.0. The van der Waals surface area contributed by atoms with E-state index in [1.165, 1.54) is 14.0 Å². The van der Waals surface area contributed by atoms with Gasteiger partial charge in [-0.25, -0.2) is 0 Å². The normalized spacial score (nSPS) is 19.9. The SMILES string of the molecule is COC(=O)CNC(=O)C1(C)Oc2ccc(C)cc2NC1=O. The van der Waals surface area contributed by atoms with Crippen LogP contribution < -0.4 is 15.4 Å². The van der Waals surface area contributed by atoms with E-state index in [0.717, 1.165) is 5.56 Å². The molecule has 2 N–H and O–H groups in total. The zero-order valence-corrected chi connectivity index (χ0v) is 12.0. The van der Waals surface area contributed by atoms with Gasteiger partial charge in [0.15, 0.2) is 0 Å². The van der Waals surface area contributed by atoms with Crippen LogP contribution in [0.15, 0.2) is 18.2 Å². The first-order valence-electron chi connectivity index (χ1n) is 6.33. The molecule has 0 radical (unpaired) electrons. The van der Waals surface area contributed by atoms with Gasteiger partial charge in [-0.15, -0.1) is 0 Å². The Balaban J connectivity index is 2.19. The van der Waals surface area contributed by atoms with E-state index in [0.29, 0.717) is 11.4 Å². The second-order valence-corrected chi connectivity index (χ2v) is 4.85. The van der Waals surface area contributed by atoms with Crippen molar-refractivity contribution in [2.75, 3.05) is 19.0 Å². The van der Waals surface area contributed by atoms with Crippen LogP contribution in [-0.2, 0) is 19.1 Å². The Labute approximate surface area is 121 Å². The van der Waals surface area contributed by atoms with Crippen molar-refractivity contribution >= 4 is 23.5 Å². The van der Waals surface area contributed by atoms with Crippen molar-refractivity contribution in [1.82, 2.24) is 5.32 Å². The predicted octanol–water partition coefficient (Wildman–Crippen LogP) is 0.374. The van der Waals surface area contributed by atoms with Gasteiger partial charge in [0.25, 0.3) is 17.4 Å². The third kappa shape index (κ3) is 2.81. The average Bonchev–Trinajstić information content (AvgIpc) is 2.45. The quantitative estimate of drug-likeness (QED) is 0.620. The molecule has 1 aliphatic heterocycles. The number of benzene rings is 1. The van der Waals surface area contributed by atoms with Crippen molar-refractivity contribution in [3.05, 3.63) is 23.8 Å². The summed E-state index contributed by atoms with van der Waals surface area (Å²) in [6, 6.07) is 5.23. The fourth-order valence-electron chi connectivity index (χ4n) is 1.88. The van der Waals surface area contributed by atoms with Crippen molar-refractivity contribution in [1.29, 1.82) is 0 Å². The number of methoxy groups -OCH3 is 1. The monoisotopic (exact) mass is 292 g/mol. The number of aryl methyl sites for hydroxylation is 1. The summed E-state index contributed by atoms with van der Waals surface area (Å²) < 4.78 is 9.96. The summed E-state index contributed by atoms with van der Waals surface area (Å²) in [5, 5.41) is 4.95. The van der Waals surface area contributed by atoms with Gasteiger partial charge in [-0.05, 0) is 31.5 Å². The number of esters is 1. The minimum absolute atomic E-state index is 0.331. The lowest BCUT2D eigenvalue weighted by molar-refractivity contribution is -0.149. The fourth-order valence-corrected chi connectivity index (χ4v) is 1.88. The van der Waals surface area contributed by atoms with Gasteiger partial charge >= 0.3 is 5.97 Å². The lowest BCUT2D eigenvalue weighted by Gasteiger charge is -2.33. The molecule has 2 amide bonds. The summed E-state index contributed by atoms with van der Waals surface area (Å²) in [7, 11) is 1.21. The molecule has 7 heteroatoms. The molecule has 1 heterocycles. The highest BCUT2D eigenvalue weighted by Gasteiger charge is 2.47. The maximum Gasteiger partial charge on any atom is 0.325 e. The molecule has 21 heavy (non-hydrogen) atoms. The number of fused-ring (bicyclic) bond motifs is 1. The lowest BCUT2D eigenvalue weighted by Crippen LogP contribution is -2.59. The van der Waals surface area contributed by atoms with E-state index in [1.807, 2.05) is 13.0 Å². The Bertz CT molecular complexity index is 613. The Morgan fingerprint density at radius 3 is 2.81 bits per heavy atom. The average molecular weight is 292 g/mol. The summed E-state index contributed by atoms with van der Waals surface area (Å²) in [5.74, 6) is -1.52. The summed E-state index contributed by atoms with van der Waals surface area (Å²) in [6.45, 7) is 2.89. The van der Waals surface area contributed by atoms with E-state index in [-0.39, 0.29) is 6.54 Å². The van der Waals surface area contributed by atoms with Gasteiger partial charge in [0.1, 0.15) is 12.3 Å². The number of amides is 2. The molecular formula is C14H16N2O5. The van der Waals surface area contributed by atoms with Crippen LogP contribution in [0.1, 0.15) is 12.5 Å². The largest absolute Gasteiger partial charge is 0.468 e. The molecule has 0 saturated heterocycles. The molecule has 1 aliphatic rings. The van der Waals surface area contributed by atoms with Crippen LogP contribution in [0.25, 0.3) is 0 Å². The molecule has 1 aromatic carbocycles. The van der Waals surface area contributed by atoms with Crippen LogP contribution >= 0.6 is 0 Å². The molecule has 112 valence electrons. The Hall–Kier alpha value is -2.57. The summed E-state index contributed by atoms with van der Waals surface area (Å²) in [5.41, 5.74) is -0.273. The van der Waals surface area contributed by atoms with Crippen LogP contribution in [0, 0.1) is 6.92 Å². The van der Waals surface area contributed by atoms with Crippen molar-refractivity contribution in [2.45, 2.75) is 19.4 Å². The van der Waals surface area contributed by atoms with Crippen LogP contribution in [0.5, 0.6) is 5.75 Å². The zero-order valence-electron chi connectivity index (χ0n) is 12.0. The summed E-state index contributed by atoms with van der Waals surface area (Å²) in [6.07, 6.45) is 0. The first kappa shape index (κ1) is 14.8. The number of carbonyl (C=O) groups excluding carboxylic acids is 3. The van der Waals surface area contributed by atoms with Gasteiger partial charge in [-0.3, -0.25) is 14.4 Å². The van der Waals surface area contributed by atoms with Gasteiger partial charge in [0, 0.05) is 0 Å². The minimum atomic E-state index is -1.74. The van der Waals surface area contributed by atoms with E-state index < -0.39 is 23.4 Å². The molecule has 1 atom stereocenters. The molecule has 0 saturated carbocycles. The standard InChI is InChI=1S/C14H16N2O5/c1-8-4-5-10-9(6-8)16-13(19)14(2,21-10)12(18)15-7-11(17)20-3/h4-6H,7H2,1-3H3,(H,15,18)(H,16,19). The van der Waals surface area contributed by atoms with E-state index in [1.54, 1.807) is 12.1 Å². The van der Waals surface area contributed by atoms with Crippen molar-refractivity contribution in [3.8, 4) is 5.75 Å². The molecule has 1 unspecified atom stereocenters. The number of carbonyl (C=O) groups is 3. The van der Waals surface area contributed by atoms with Gasteiger partial charge in [-0.2, -0.15) is 0 Å². The number of hydrogen-bond donors (Lipinski definition) is 2. The topological polar surface area (TPSA) is 93.7 Å². The molecule has 0 spiro atoms. The maximum absolute atomic E-state index is 12.1. The molecular weight excluding hydrogens is 276 g/mol. The molecule has 0 aliphatic carbocycles. The first-order valence-corrected chi connectivity index (χ1v) is 6.33. The molecule has 0 fully saturated rings. The zero-order chi connectivity index (χ0) is 15.6. The van der Waals surface area contributed by atoms with Crippen LogP contribution in [0.2, 0.25) is 0 Å². The van der Waals surface area contributed by atoms with Crippen LogP contribution in [0.3, 0.4) is 0 Å². The van der Waals surface area contributed by atoms with Gasteiger partial charge in [-0.1, -0.05) is 6.07 Å². The molecule has 0 bridgehead atoms. The van der Waals surface area contributed by atoms with Crippen molar-refractivity contribution < 1.29 is 23.9 Å². The predicted molar refractivity (Wildman–Crippen MR) is 73.9 cm³/mol. The third-order valence-electron chi connectivity index (χ3n) is 3.18. The van der Waals surface area contributed by atoms with Gasteiger partial charge < -0.3 is 20.1 Å². The Morgan fingerprint density at radius 1 is 1.43 bits per heavy atom. The highest BCUT2D eigenvalue weighted by atomic mass is 16.5. The van der Waals surface area contributed by atoms with Gasteiger partial charge in [0.05, 0.1) is 12.8 Å². The Kier molecular flexibility index (Phi) is 3.84. The second-order valence-electron chi connectivity index (χ2n) is 4.85. The highest BCUT2D eigenvalue weighted by Crippen LogP contribution is 2.34. The number of nitrogens with one attached hydrogen (secondary N) is 2. The van der Waals surface area contributed by atoms with E-state index >= 15 is 0 Å². The molecule has 7 nitrogen and oxygen atoms in total. The fraction of sp³-hybridized carbons (Fsp3) is 0.357. The number of ether oxygens (including phenoxy) is 2. The number of rotatable bonds is 3. The summed E-state index contributed by atoms with van der Waals surface area (Å²) in [4.78, 5) is 35.3. The summed E-state index contributed by atoms with van der Waals surface area (Å²) >= 11 is 0. The smallest absolute Gasteiger partial charge is 0.325 e. The van der Waals surface area contributed by atoms with Crippen molar-refractivity contribution in [2.24, 2.45) is 0 Å². The second kappa shape index (κ2) is 5.43. The first-order chi connectivity index (χ1) is 9.86. The van der Waals surface area contributed by atoms with E-state index in [4.69, 9.17) is 4.74 Å². The molecule has 0 aromatic heterocycles. The minimum Gasteiger partial charge on any atom is -0.468 e. The van der Waals surface area contributed by atoms with E-state index in [9.17, 15) is 14.4 Å². The van der Waals surface area contributed by atoms with Gasteiger partial charge in [0.2, 0.25) is 0 Å². The van der Waals surface area contributed by atoms with Crippen LogP contribution in [-0.4, -0.2) is 37.0 Å². The highest BCUT2D eigenvalue weighted by molar-refractivity contribution is 6.15. The molecule has 2 rings (SSSR count). The van der Waals surface area contributed by atoms with Crippen LogP contribution in [0.4, 0.5) is 5.69 Å². The number of anilines is 1. The third-order valence-corrected chi connectivity index (χ3v) is 3.18. The molecule has 1 aromatic rings. The Morgan fingerprint density at radius 2 is 2.14 bits per heavy atom. The number of hydrogen-bond acceptors (Lipinski definition) is 5. The van der Waals surface area contributed by atoms with E-state index in [2.05, 4.69) is 15.4 Å². The van der Waals surface area contributed by atoms with Crippen molar-refractivity contribution in [3.63, 3.8) is 0 Å². The maximum atomic E-state index is 12.1.